The van der Waals surface area contributed by atoms with Crippen LogP contribution in [0.1, 0.15) is 12.5 Å². The van der Waals surface area contributed by atoms with Gasteiger partial charge in [0.2, 0.25) is 9.70 Å². The van der Waals surface area contributed by atoms with Gasteiger partial charge in [0.15, 0.2) is 0 Å². The standard InChI is InChI=1S/C16H16Cl3NO4S3/c1-9(24-14(22)23-8-16(17,18)19)11-12(21)20-13(11)27-15(25)26-7-10-5-3-2-4-6-10/h2-6,9,11,13H,7-8H2,1H3,(H,20,21). The molecule has 1 amide bonds. The van der Waals surface area contributed by atoms with E-state index < -0.39 is 28.6 Å². The molecule has 1 aliphatic rings. The molecule has 1 aromatic rings. The molecule has 1 saturated heterocycles. The van der Waals surface area contributed by atoms with Gasteiger partial charge in [-0.2, -0.15) is 0 Å². The van der Waals surface area contributed by atoms with Crippen LogP contribution in [-0.2, 0) is 20.0 Å². The lowest BCUT2D eigenvalue weighted by Gasteiger charge is -2.38. The molecule has 3 atom stereocenters. The van der Waals surface area contributed by atoms with Crippen molar-refractivity contribution >= 4 is 86.1 Å². The van der Waals surface area contributed by atoms with Gasteiger partial charge in [-0.1, -0.05) is 89.1 Å². The van der Waals surface area contributed by atoms with Crippen molar-refractivity contribution in [2.24, 2.45) is 5.92 Å². The Kier molecular flexibility index (Phi) is 8.83. The van der Waals surface area contributed by atoms with Gasteiger partial charge in [-0.15, -0.1) is 11.8 Å². The number of halogens is 3. The zero-order chi connectivity index (χ0) is 20.0. The molecule has 1 fully saturated rings. The van der Waals surface area contributed by atoms with E-state index >= 15 is 0 Å². The van der Waals surface area contributed by atoms with Crippen LogP contribution in [0.2, 0.25) is 0 Å². The fourth-order valence-electron chi connectivity index (χ4n) is 2.18. The van der Waals surface area contributed by atoms with E-state index in [-0.39, 0.29) is 11.3 Å². The number of thiocarbonyl (C=S) groups is 1. The van der Waals surface area contributed by atoms with Gasteiger partial charge in [0.1, 0.15) is 22.2 Å². The number of β-lactam (4-membered cyclic amide) rings is 1. The highest BCUT2D eigenvalue weighted by atomic mass is 35.6. The van der Waals surface area contributed by atoms with Crippen molar-refractivity contribution in [2.45, 2.75) is 27.9 Å². The molecule has 0 spiro atoms. The molecular formula is C16H16Cl3NO4S3. The second-order valence-electron chi connectivity index (χ2n) is 5.57. The van der Waals surface area contributed by atoms with E-state index in [1.54, 1.807) is 6.92 Å². The van der Waals surface area contributed by atoms with Crippen LogP contribution in [0.15, 0.2) is 30.3 Å². The molecule has 1 aliphatic heterocycles. The number of ether oxygens (including phenoxy) is 2. The number of carbonyl (C=O) groups excluding carboxylic acids is 2. The maximum absolute atomic E-state index is 11.9. The molecule has 5 nitrogen and oxygen atoms in total. The summed E-state index contributed by atoms with van der Waals surface area (Å²) in [6.07, 6.45) is -1.71. The first-order valence-corrected chi connectivity index (χ1v) is 11.1. The van der Waals surface area contributed by atoms with Crippen LogP contribution < -0.4 is 5.32 Å². The minimum atomic E-state index is -1.73. The predicted octanol–water partition coefficient (Wildman–Crippen LogP) is 4.92. The minimum absolute atomic E-state index is 0.218. The number of rotatable bonds is 6. The van der Waals surface area contributed by atoms with Gasteiger partial charge in [-0.25, -0.2) is 4.79 Å². The van der Waals surface area contributed by atoms with Gasteiger partial charge in [0.05, 0.1) is 5.37 Å². The molecule has 0 saturated carbocycles. The largest absolute Gasteiger partial charge is 0.508 e. The maximum Gasteiger partial charge on any atom is 0.508 e. The first-order chi connectivity index (χ1) is 12.7. The molecule has 1 N–H and O–H groups in total. The van der Waals surface area contributed by atoms with Crippen LogP contribution in [0.5, 0.6) is 0 Å². The van der Waals surface area contributed by atoms with E-state index in [4.69, 9.17) is 56.5 Å². The highest BCUT2D eigenvalue weighted by Gasteiger charge is 2.46. The quantitative estimate of drug-likeness (QED) is 0.264. The van der Waals surface area contributed by atoms with Crippen molar-refractivity contribution in [1.82, 2.24) is 5.32 Å². The van der Waals surface area contributed by atoms with Crippen LogP contribution >= 0.6 is 70.5 Å². The van der Waals surface area contributed by atoms with Gasteiger partial charge < -0.3 is 14.8 Å². The first kappa shape index (κ1) is 22.9. The van der Waals surface area contributed by atoms with Crippen LogP contribution in [0.4, 0.5) is 4.79 Å². The number of hydrogen-bond acceptors (Lipinski definition) is 7. The SMILES string of the molecule is CC(OC(=O)OCC(Cl)(Cl)Cl)C1C(=O)NC1SC(=S)SCc1ccccc1. The Labute approximate surface area is 186 Å². The molecule has 11 heteroatoms. The van der Waals surface area contributed by atoms with E-state index in [0.29, 0.717) is 3.53 Å². The Hall–Kier alpha value is -0.380. The molecule has 0 aromatic heterocycles. The second kappa shape index (κ2) is 10.4. The van der Waals surface area contributed by atoms with Crippen LogP contribution in [0.3, 0.4) is 0 Å². The number of hydrogen-bond donors (Lipinski definition) is 1. The van der Waals surface area contributed by atoms with Gasteiger partial charge in [0, 0.05) is 5.75 Å². The first-order valence-electron chi connectivity index (χ1n) is 7.73. The smallest absolute Gasteiger partial charge is 0.430 e. The van der Waals surface area contributed by atoms with Gasteiger partial charge in [0.25, 0.3) is 0 Å². The highest BCUT2D eigenvalue weighted by Crippen LogP contribution is 2.34. The fourth-order valence-corrected chi connectivity index (χ4v) is 4.95. The lowest BCUT2D eigenvalue weighted by Crippen LogP contribution is -2.61. The van der Waals surface area contributed by atoms with Crippen molar-refractivity contribution in [2.75, 3.05) is 6.61 Å². The Balaban J connectivity index is 1.78. The lowest BCUT2D eigenvalue weighted by molar-refractivity contribution is -0.137. The minimum Gasteiger partial charge on any atom is -0.430 e. The van der Waals surface area contributed by atoms with E-state index in [2.05, 4.69) is 5.32 Å². The molecule has 0 bridgehead atoms. The van der Waals surface area contributed by atoms with E-state index in [0.717, 1.165) is 11.3 Å². The molecule has 0 aliphatic carbocycles. The Morgan fingerprint density at radius 2 is 2.00 bits per heavy atom. The number of amides is 1. The fraction of sp³-hybridized carbons (Fsp3) is 0.438. The van der Waals surface area contributed by atoms with E-state index in [1.807, 2.05) is 30.3 Å². The lowest BCUT2D eigenvalue weighted by atomic mass is 9.96. The Morgan fingerprint density at radius 1 is 1.33 bits per heavy atom. The van der Waals surface area contributed by atoms with E-state index in [9.17, 15) is 9.59 Å². The molecule has 1 heterocycles. The monoisotopic (exact) mass is 487 g/mol. The zero-order valence-corrected chi connectivity index (χ0v) is 18.7. The molecule has 3 unspecified atom stereocenters. The molecule has 0 radical (unpaired) electrons. The summed E-state index contributed by atoms with van der Waals surface area (Å²) in [5, 5.41) is 2.49. The molecule has 1 aromatic carbocycles. The van der Waals surface area contributed by atoms with Crippen molar-refractivity contribution < 1.29 is 19.1 Å². The predicted molar refractivity (Wildman–Crippen MR) is 116 cm³/mol. The summed E-state index contributed by atoms with van der Waals surface area (Å²) < 4.78 is 8.78. The summed E-state index contributed by atoms with van der Waals surface area (Å²) in [6.45, 7) is 1.16. The van der Waals surface area contributed by atoms with Crippen LogP contribution in [-0.4, -0.2) is 37.5 Å². The number of carbonyl (C=O) groups is 2. The van der Waals surface area contributed by atoms with Crippen molar-refractivity contribution in [3.63, 3.8) is 0 Å². The molecular weight excluding hydrogens is 473 g/mol. The van der Waals surface area contributed by atoms with Crippen LogP contribution in [0.25, 0.3) is 0 Å². The normalized spacial score (nSPS) is 20.2. The Bertz CT molecular complexity index is 687. The summed E-state index contributed by atoms with van der Waals surface area (Å²) in [6, 6.07) is 9.93. The summed E-state index contributed by atoms with van der Waals surface area (Å²) in [4.78, 5) is 23.5. The number of thioether (sulfide) groups is 2. The van der Waals surface area contributed by atoms with Crippen molar-refractivity contribution in [3.8, 4) is 0 Å². The Morgan fingerprint density at radius 3 is 2.59 bits per heavy atom. The molecule has 27 heavy (non-hydrogen) atoms. The van der Waals surface area contributed by atoms with Gasteiger partial charge >= 0.3 is 6.16 Å². The van der Waals surface area contributed by atoms with Crippen molar-refractivity contribution in [3.05, 3.63) is 35.9 Å². The average Bonchev–Trinajstić information content (AvgIpc) is 2.57. The summed E-state index contributed by atoms with van der Waals surface area (Å²) in [5.41, 5.74) is 1.16. The highest BCUT2D eigenvalue weighted by molar-refractivity contribution is 8.47. The van der Waals surface area contributed by atoms with Crippen LogP contribution in [0, 0.1) is 5.92 Å². The zero-order valence-electron chi connectivity index (χ0n) is 14.0. The summed E-state index contributed by atoms with van der Waals surface area (Å²) in [5.74, 6) is -0.0106. The summed E-state index contributed by atoms with van der Waals surface area (Å²) >= 11 is 24.8. The third kappa shape index (κ3) is 7.87. The summed E-state index contributed by atoms with van der Waals surface area (Å²) in [7, 11) is 0. The molecule has 2 rings (SSSR count). The average molecular weight is 489 g/mol. The number of benzene rings is 1. The number of nitrogens with one attached hydrogen (secondary N) is 1. The topological polar surface area (TPSA) is 64.6 Å². The van der Waals surface area contributed by atoms with Gasteiger partial charge in [-0.3, -0.25) is 4.79 Å². The maximum atomic E-state index is 11.9. The van der Waals surface area contributed by atoms with E-state index in [1.165, 1.54) is 23.5 Å². The van der Waals surface area contributed by atoms with Crippen molar-refractivity contribution in [1.29, 1.82) is 0 Å². The second-order valence-corrected chi connectivity index (χ2v) is 11.4. The molecule has 148 valence electrons. The third-order valence-electron chi connectivity index (χ3n) is 3.48. The number of alkyl halides is 3. The third-order valence-corrected chi connectivity index (χ3v) is 6.66. The van der Waals surface area contributed by atoms with Gasteiger partial charge in [-0.05, 0) is 12.5 Å².